The topological polar surface area (TPSA) is 85.4 Å². The highest BCUT2D eigenvalue weighted by Crippen LogP contribution is 2.09. The SMILES string of the molecule is Cc1nsc(NC(=O)NC[C@@H]2COCCO2)n1. The molecule has 94 valence electrons. The minimum Gasteiger partial charge on any atom is -0.376 e. The number of hydrogen-bond donors (Lipinski definition) is 2. The van der Waals surface area contributed by atoms with Gasteiger partial charge in [0.2, 0.25) is 5.13 Å². The van der Waals surface area contributed by atoms with Gasteiger partial charge in [0, 0.05) is 18.1 Å². The second kappa shape index (κ2) is 5.89. The molecule has 1 fully saturated rings. The van der Waals surface area contributed by atoms with Crippen molar-refractivity contribution in [1.82, 2.24) is 14.7 Å². The first-order chi connectivity index (χ1) is 8.24. The Morgan fingerprint density at radius 3 is 3.12 bits per heavy atom. The Bertz CT molecular complexity index is 378. The molecule has 8 heteroatoms. The molecule has 1 aromatic heterocycles. The lowest BCUT2D eigenvalue weighted by atomic mass is 10.3. The monoisotopic (exact) mass is 258 g/mol. The lowest BCUT2D eigenvalue weighted by Gasteiger charge is -2.22. The maximum Gasteiger partial charge on any atom is 0.321 e. The molecule has 1 atom stereocenters. The molecule has 2 heterocycles. The summed E-state index contributed by atoms with van der Waals surface area (Å²) >= 11 is 1.15. The number of nitrogens with zero attached hydrogens (tertiary/aromatic N) is 2. The number of carbonyl (C=O) groups is 1. The lowest BCUT2D eigenvalue weighted by Crippen LogP contribution is -2.41. The van der Waals surface area contributed by atoms with Crippen molar-refractivity contribution in [1.29, 1.82) is 0 Å². The molecule has 17 heavy (non-hydrogen) atoms. The summed E-state index contributed by atoms with van der Waals surface area (Å²) in [7, 11) is 0. The fourth-order valence-corrected chi connectivity index (χ4v) is 1.92. The van der Waals surface area contributed by atoms with E-state index in [4.69, 9.17) is 9.47 Å². The summed E-state index contributed by atoms with van der Waals surface area (Å²) < 4.78 is 14.6. The normalized spacial score (nSPS) is 19.9. The maximum atomic E-state index is 11.5. The van der Waals surface area contributed by atoms with Crippen LogP contribution in [0.1, 0.15) is 5.82 Å². The Labute approximate surface area is 103 Å². The predicted molar refractivity (Wildman–Crippen MR) is 62.2 cm³/mol. The van der Waals surface area contributed by atoms with Gasteiger partial charge in [0.05, 0.1) is 25.9 Å². The van der Waals surface area contributed by atoms with Crippen molar-refractivity contribution in [3.05, 3.63) is 5.82 Å². The molecule has 1 aliphatic rings. The number of nitrogens with one attached hydrogen (secondary N) is 2. The van der Waals surface area contributed by atoms with E-state index in [1.807, 2.05) is 0 Å². The first-order valence-corrected chi connectivity index (χ1v) is 6.06. The van der Waals surface area contributed by atoms with E-state index in [2.05, 4.69) is 20.0 Å². The molecule has 0 unspecified atom stereocenters. The lowest BCUT2D eigenvalue weighted by molar-refractivity contribution is -0.0852. The van der Waals surface area contributed by atoms with Crippen molar-refractivity contribution in [2.45, 2.75) is 13.0 Å². The van der Waals surface area contributed by atoms with Crippen LogP contribution >= 0.6 is 11.5 Å². The predicted octanol–water partition coefficient (Wildman–Crippen LogP) is 0.383. The number of hydrogen-bond acceptors (Lipinski definition) is 6. The van der Waals surface area contributed by atoms with Crippen LogP contribution in [-0.4, -0.2) is 47.9 Å². The van der Waals surface area contributed by atoms with Crippen LogP contribution in [0.15, 0.2) is 0 Å². The number of aryl methyl sites for hydroxylation is 1. The van der Waals surface area contributed by atoms with Gasteiger partial charge in [-0.2, -0.15) is 4.37 Å². The van der Waals surface area contributed by atoms with Gasteiger partial charge < -0.3 is 14.8 Å². The van der Waals surface area contributed by atoms with E-state index >= 15 is 0 Å². The summed E-state index contributed by atoms with van der Waals surface area (Å²) in [5.41, 5.74) is 0. The summed E-state index contributed by atoms with van der Waals surface area (Å²) in [6.45, 7) is 3.89. The van der Waals surface area contributed by atoms with Crippen LogP contribution < -0.4 is 10.6 Å². The van der Waals surface area contributed by atoms with Crippen molar-refractivity contribution < 1.29 is 14.3 Å². The van der Waals surface area contributed by atoms with Crippen LogP contribution in [0.25, 0.3) is 0 Å². The zero-order valence-corrected chi connectivity index (χ0v) is 10.2. The van der Waals surface area contributed by atoms with Gasteiger partial charge in [0.25, 0.3) is 0 Å². The molecular weight excluding hydrogens is 244 g/mol. The fraction of sp³-hybridized carbons (Fsp3) is 0.667. The molecule has 0 bridgehead atoms. The van der Waals surface area contributed by atoms with Crippen molar-refractivity contribution in [3.8, 4) is 0 Å². The minimum atomic E-state index is -0.310. The van der Waals surface area contributed by atoms with E-state index in [9.17, 15) is 4.79 Å². The highest BCUT2D eigenvalue weighted by molar-refractivity contribution is 7.09. The number of carbonyl (C=O) groups excluding carboxylic acids is 1. The molecule has 1 saturated heterocycles. The smallest absolute Gasteiger partial charge is 0.321 e. The standard InChI is InChI=1S/C9H14N4O3S/c1-6-11-9(17-13-6)12-8(14)10-4-7-5-15-2-3-16-7/h7H,2-5H2,1H3,(H2,10,11,12,13,14)/t7-/m1/s1. The Morgan fingerprint density at radius 2 is 2.47 bits per heavy atom. The molecule has 1 aliphatic heterocycles. The van der Waals surface area contributed by atoms with Gasteiger partial charge in [0.1, 0.15) is 5.82 Å². The third kappa shape index (κ3) is 3.91. The van der Waals surface area contributed by atoms with E-state index in [0.717, 1.165) is 11.5 Å². The highest BCUT2D eigenvalue weighted by Gasteiger charge is 2.15. The first-order valence-electron chi connectivity index (χ1n) is 5.28. The molecular formula is C9H14N4O3S. The molecule has 1 aromatic rings. The summed E-state index contributed by atoms with van der Waals surface area (Å²) in [6, 6.07) is -0.310. The van der Waals surface area contributed by atoms with Crippen molar-refractivity contribution in [3.63, 3.8) is 0 Å². The number of aromatic nitrogens is 2. The van der Waals surface area contributed by atoms with Gasteiger partial charge >= 0.3 is 6.03 Å². The van der Waals surface area contributed by atoms with Gasteiger partial charge in [-0.05, 0) is 6.92 Å². The average molecular weight is 258 g/mol. The number of anilines is 1. The van der Waals surface area contributed by atoms with Crippen molar-refractivity contribution >= 4 is 22.7 Å². The molecule has 0 spiro atoms. The number of amides is 2. The van der Waals surface area contributed by atoms with E-state index in [0.29, 0.717) is 37.3 Å². The average Bonchev–Trinajstić information content (AvgIpc) is 2.73. The Hall–Kier alpha value is -1.25. The Morgan fingerprint density at radius 1 is 1.59 bits per heavy atom. The molecule has 2 rings (SSSR count). The van der Waals surface area contributed by atoms with E-state index in [1.165, 1.54) is 0 Å². The summed E-state index contributed by atoms with van der Waals surface area (Å²) in [5.74, 6) is 0.648. The van der Waals surface area contributed by atoms with Crippen LogP contribution in [0.5, 0.6) is 0 Å². The largest absolute Gasteiger partial charge is 0.376 e. The second-order valence-corrected chi connectivity index (χ2v) is 4.30. The molecule has 7 nitrogen and oxygen atoms in total. The number of urea groups is 1. The van der Waals surface area contributed by atoms with Crippen LogP contribution in [0.3, 0.4) is 0 Å². The molecule has 0 radical (unpaired) electrons. The van der Waals surface area contributed by atoms with E-state index < -0.39 is 0 Å². The Kier molecular flexibility index (Phi) is 4.24. The summed E-state index contributed by atoms with van der Waals surface area (Å²) in [6.07, 6.45) is -0.0781. The van der Waals surface area contributed by atoms with Gasteiger partial charge in [-0.25, -0.2) is 9.78 Å². The van der Waals surface area contributed by atoms with E-state index in [-0.39, 0.29) is 12.1 Å². The maximum absolute atomic E-state index is 11.5. The first kappa shape index (κ1) is 12.2. The highest BCUT2D eigenvalue weighted by atomic mass is 32.1. The third-order valence-electron chi connectivity index (χ3n) is 2.12. The van der Waals surface area contributed by atoms with Crippen molar-refractivity contribution in [2.24, 2.45) is 0 Å². The summed E-state index contributed by atoms with van der Waals surface area (Å²) in [4.78, 5) is 15.5. The molecule has 2 N–H and O–H groups in total. The van der Waals surface area contributed by atoms with Gasteiger partial charge in [0.15, 0.2) is 0 Å². The number of ether oxygens (including phenoxy) is 2. The van der Waals surface area contributed by atoms with Crippen LogP contribution in [-0.2, 0) is 9.47 Å². The van der Waals surface area contributed by atoms with Gasteiger partial charge in [-0.3, -0.25) is 5.32 Å². The molecule has 0 aromatic carbocycles. The van der Waals surface area contributed by atoms with Gasteiger partial charge in [-0.15, -0.1) is 0 Å². The quantitative estimate of drug-likeness (QED) is 0.819. The minimum absolute atomic E-state index is 0.0781. The molecule has 2 amide bonds. The second-order valence-electron chi connectivity index (χ2n) is 3.55. The number of rotatable bonds is 3. The van der Waals surface area contributed by atoms with E-state index in [1.54, 1.807) is 6.92 Å². The van der Waals surface area contributed by atoms with Crippen LogP contribution in [0.4, 0.5) is 9.93 Å². The van der Waals surface area contributed by atoms with Crippen LogP contribution in [0, 0.1) is 6.92 Å². The molecule has 0 aliphatic carbocycles. The third-order valence-corrected chi connectivity index (χ3v) is 2.85. The summed E-state index contributed by atoms with van der Waals surface area (Å²) in [5, 5.41) is 5.78. The van der Waals surface area contributed by atoms with Crippen LogP contribution in [0.2, 0.25) is 0 Å². The Balaban J connectivity index is 1.70. The fourth-order valence-electron chi connectivity index (χ4n) is 1.35. The zero-order valence-electron chi connectivity index (χ0n) is 9.43. The van der Waals surface area contributed by atoms with Crippen molar-refractivity contribution in [2.75, 3.05) is 31.7 Å². The zero-order chi connectivity index (χ0) is 12.1. The molecule has 0 saturated carbocycles. The van der Waals surface area contributed by atoms with Gasteiger partial charge in [-0.1, -0.05) is 0 Å².